The quantitative estimate of drug-likeness (QED) is 0.242. The van der Waals surface area contributed by atoms with E-state index in [2.05, 4.69) is 17.5 Å². The summed E-state index contributed by atoms with van der Waals surface area (Å²) in [6, 6.07) is 7.57. The number of hydrazone groups is 1. The molecule has 4 nitrogen and oxygen atoms in total. The van der Waals surface area contributed by atoms with E-state index in [0.29, 0.717) is 6.42 Å². The molecule has 146 valence electrons. The van der Waals surface area contributed by atoms with Crippen LogP contribution in [0.5, 0.6) is 5.75 Å². The molecule has 1 aromatic rings. The highest BCUT2D eigenvalue weighted by molar-refractivity contribution is 5.82. The Balaban J connectivity index is 1.97. The van der Waals surface area contributed by atoms with Crippen LogP contribution in [0.4, 0.5) is 0 Å². The predicted octanol–water partition coefficient (Wildman–Crippen LogP) is 5.85. The predicted molar refractivity (Wildman–Crippen MR) is 110 cm³/mol. The van der Waals surface area contributed by atoms with Gasteiger partial charge in [-0.3, -0.25) is 4.79 Å². The molecule has 0 aliphatic carbocycles. The standard InChI is InChI=1S/C22H36N2O2/c1-3-4-5-6-7-8-9-10-11-12-13-17-22(25)24-23-19-20-15-14-16-21(18-20)26-2/h14-16,18-19H,3-13,17H2,1-2H3,(H,24,25)/b23-19-. The van der Waals surface area contributed by atoms with Gasteiger partial charge in [0.15, 0.2) is 0 Å². The summed E-state index contributed by atoms with van der Waals surface area (Å²) in [6.45, 7) is 2.26. The molecule has 1 amide bonds. The maximum atomic E-state index is 11.8. The minimum Gasteiger partial charge on any atom is -0.497 e. The lowest BCUT2D eigenvalue weighted by Crippen LogP contribution is -2.16. The first-order valence-corrected chi connectivity index (χ1v) is 10.2. The van der Waals surface area contributed by atoms with E-state index in [9.17, 15) is 4.79 Å². The van der Waals surface area contributed by atoms with Gasteiger partial charge in [-0.15, -0.1) is 0 Å². The molecule has 0 bridgehead atoms. The summed E-state index contributed by atoms with van der Waals surface area (Å²) in [7, 11) is 1.63. The molecule has 26 heavy (non-hydrogen) atoms. The van der Waals surface area contributed by atoms with Crippen LogP contribution in [0.15, 0.2) is 29.4 Å². The van der Waals surface area contributed by atoms with Crippen molar-refractivity contribution in [2.24, 2.45) is 5.10 Å². The Kier molecular flexibility index (Phi) is 13.2. The summed E-state index contributed by atoms with van der Waals surface area (Å²) in [5.41, 5.74) is 3.50. The molecule has 0 fully saturated rings. The van der Waals surface area contributed by atoms with Crippen molar-refractivity contribution in [1.29, 1.82) is 0 Å². The molecule has 0 unspecified atom stereocenters. The Morgan fingerprint density at radius 2 is 1.62 bits per heavy atom. The summed E-state index contributed by atoms with van der Waals surface area (Å²) >= 11 is 0. The number of hydrogen-bond donors (Lipinski definition) is 1. The van der Waals surface area contributed by atoms with Crippen LogP contribution in [-0.4, -0.2) is 19.2 Å². The molecule has 0 heterocycles. The average molecular weight is 361 g/mol. The molecule has 1 rings (SSSR count). The fourth-order valence-corrected chi connectivity index (χ4v) is 2.91. The number of unbranched alkanes of at least 4 members (excludes halogenated alkanes) is 10. The van der Waals surface area contributed by atoms with Crippen LogP contribution < -0.4 is 10.2 Å². The Labute approximate surface area is 159 Å². The van der Waals surface area contributed by atoms with Crippen LogP contribution in [0.2, 0.25) is 0 Å². The second-order valence-corrected chi connectivity index (χ2v) is 6.86. The highest BCUT2D eigenvalue weighted by Crippen LogP contribution is 2.12. The highest BCUT2D eigenvalue weighted by atomic mass is 16.5. The van der Waals surface area contributed by atoms with Gasteiger partial charge in [0.25, 0.3) is 0 Å². The van der Waals surface area contributed by atoms with Crippen LogP contribution in [0.1, 0.15) is 89.5 Å². The third-order valence-corrected chi connectivity index (χ3v) is 4.50. The molecule has 0 saturated carbocycles. The average Bonchev–Trinajstić information content (AvgIpc) is 2.66. The second-order valence-electron chi connectivity index (χ2n) is 6.86. The van der Waals surface area contributed by atoms with Crippen LogP contribution >= 0.6 is 0 Å². The van der Waals surface area contributed by atoms with E-state index >= 15 is 0 Å². The number of ether oxygens (including phenoxy) is 1. The molecular weight excluding hydrogens is 324 g/mol. The van der Waals surface area contributed by atoms with E-state index in [4.69, 9.17) is 4.74 Å². The Morgan fingerprint density at radius 3 is 2.23 bits per heavy atom. The van der Waals surface area contributed by atoms with Crippen LogP contribution in [0, 0.1) is 0 Å². The van der Waals surface area contributed by atoms with Crippen LogP contribution in [-0.2, 0) is 4.79 Å². The van der Waals surface area contributed by atoms with E-state index in [1.54, 1.807) is 13.3 Å². The third-order valence-electron chi connectivity index (χ3n) is 4.50. The Hall–Kier alpha value is -1.84. The summed E-state index contributed by atoms with van der Waals surface area (Å²) in [6.07, 6.45) is 16.4. The number of nitrogens with zero attached hydrogens (tertiary/aromatic N) is 1. The minimum atomic E-state index is -0.0138. The van der Waals surface area contributed by atoms with Gasteiger partial charge in [0.05, 0.1) is 13.3 Å². The summed E-state index contributed by atoms with van der Waals surface area (Å²) in [5, 5.41) is 4.01. The van der Waals surface area contributed by atoms with Gasteiger partial charge in [0, 0.05) is 6.42 Å². The van der Waals surface area contributed by atoms with E-state index in [1.165, 1.54) is 57.8 Å². The first-order chi connectivity index (χ1) is 12.8. The number of carbonyl (C=O) groups is 1. The molecule has 0 aliphatic rings. The van der Waals surface area contributed by atoms with Gasteiger partial charge in [-0.2, -0.15) is 5.10 Å². The fourth-order valence-electron chi connectivity index (χ4n) is 2.91. The number of rotatable bonds is 15. The van der Waals surface area contributed by atoms with E-state index in [0.717, 1.165) is 24.2 Å². The number of methoxy groups -OCH3 is 1. The molecule has 0 spiro atoms. The lowest BCUT2D eigenvalue weighted by atomic mass is 10.1. The number of benzene rings is 1. The summed E-state index contributed by atoms with van der Waals surface area (Å²) in [4.78, 5) is 11.8. The topological polar surface area (TPSA) is 50.7 Å². The number of amides is 1. The SMILES string of the molecule is CCCCCCCCCCCCCC(=O)N/N=C\c1cccc(OC)c1. The number of carbonyl (C=O) groups excluding carboxylic acids is 1. The van der Waals surface area contributed by atoms with Crippen molar-refractivity contribution >= 4 is 12.1 Å². The van der Waals surface area contributed by atoms with Gasteiger partial charge in [-0.25, -0.2) is 5.43 Å². The van der Waals surface area contributed by atoms with Crippen molar-refractivity contribution in [3.05, 3.63) is 29.8 Å². The van der Waals surface area contributed by atoms with Crippen molar-refractivity contribution < 1.29 is 9.53 Å². The molecule has 0 saturated heterocycles. The van der Waals surface area contributed by atoms with Crippen LogP contribution in [0.3, 0.4) is 0 Å². The molecule has 0 atom stereocenters. The third kappa shape index (κ3) is 11.7. The van der Waals surface area contributed by atoms with E-state index < -0.39 is 0 Å². The number of hydrogen-bond acceptors (Lipinski definition) is 3. The van der Waals surface area contributed by atoms with Crippen molar-refractivity contribution in [3.8, 4) is 5.75 Å². The Bertz CT molecular complexity index is 515. The largest absolute Gasteiger partial charge is 0.497 e. The van der Waals surface area contributed by atoms with Crippen molar-refractivity contribution in [2.75, 3.05) is 7.11 Å². The summed E-state index contributed by atoms with van der Waals surface area (Å²) in [5.74, 6) is 0.765. The first kappa shape index (κ1) is 22.2. The number of nitrogens with one attached hydrogen (secondary N) is 1. The van der Waals surface area contributed by atoms with Crippen molar-refractivity contribution in [1.82, 2.24) is 5.43 Å². The molecule has 0 aromatic heterocycles. The van der Waals surface area contributed by atoms with E-state index in [1.807, 2.05) is 24.3 Å². The van der Waals surface area contributed by atoms with Crippen LogP contribution in [0.25, 0.3) is 0 Å². The van der Waals surface area contributed by atoms with Gasteiger partial charge < -0.3 is 4.74 Å². The molecule has 0 aliphatic heterocycles. The minimum absolute atomic E-state index is 0.0138. The summed E-state index contributed by atoms with van der Waals surface area (Å²) < 4.78 is 5.16. The first-order valence-electron chi connectivity index (χ1n) is 10.2. The van der Waals surface area contributed by atoms with Gasteiger partial charge in [0.2, 0.25) is 5.91 Å². The van der Waals surface area contributed by atoms with E-state index in [-0.39, 0.29) is 5.91 Å². The zero-order valence-corrected chi connectivity index (χ0v) is 16.6. The second kappa shape index (κ2) is 15.4. The van der Waals surface area contributed by atoms with Gasteiger partial charge in [-0.05, 0) is 24.1 Å². The lowest BCUT2D eigenvalue weighted by molar-refractivity contribution is -0.121. The maximum Gasteiger partial charge on any atom is 0.240 e. The maximum absolute atomic E-state index is 11.8. The van der Waals surface area contributed by atoms with Gasteiger partial charge in [0.1, 0.15) is 5.75 Å². The molecule has 1 aromatic carbocycles. The van der Waals surface area contributed by atoms with Gasteiger partial charge in [-0.1, -0.05) is 83.3 Å². The normalized spacial score (nSPS) is 11.0. The van der Waals surface area contributed by atoms with Crippen molar-refractivity contribution in [3.63, 3.8) is 0 Å². The van der Waals surface area contributed by atoms with Crippen molar-refractivity contribution in [2.45, 2.75) is 84.0 Å². The lowest BCUT2D eigenvalue weighted by Gasteiger charge is -2.03. The zero-order valence-electron chi connectivity index (χ0n) is 16.6. The molecule has 1 N–H and O–H groups in total. The monoisotopic (exact) mass is 360 g/mol. The fraction of sp³-hybridized carbons (Fsp3) is 0.636. The smallest absolute Gasteiger partial charge is 0.240 e. The molecule has 4 heteroatoms. The molecule has 0 radical (unpaired) electrons. The highest BCUT2D eigenvalue weighted by Gasteiger charge is 2.00. The molecular formula is C22H36N2O2. The van der Waals surface area contributed by atoms with Gasteiger partial charge >= 0.3 is 0 Å². The Morgan fingerprint density at radius 1 is 1.00 bits per heavy atom. The zero-order chi connectivity index (χ0) is 18.9.